The third-order valence-corrected chi connectivity index (χ3v) is 4.64. The standard InChI is InChI=1S/C15H22BrFN2O/c1-15(2,10-20)14(19-7-5-18-6-8-19)12-9-11(17)3-4-13(12)16/h3-4,9,14,18,20H,5-8,10H2,1-2H3/t14-/m1/s1. The molecule has 1 aliphatic heterocycles. The van der Waals surface area contributed by atoms with Crippen LogP contribution in [-0.2, 0) is 0 Å². The molecule has 0 spiro atoms. The number of aliphatic hydroxyl groups is 1. The summed E-state index contributed by atoms with van der Waals surface area (Å²) in [5.41, 5.74) is 0.569. The van der Waals surface area contributed by atoms with E-state index < -0.39 is 0 Å². The average molecular weight is 345 g/mol. The molecule has 2 rings (SSSR count). The molecule has 0 aliphatic carbocycles. The van der Waals surface area contributed by atoms with Crippen LogP contribution in [0.4, 0.5) is 4.39 Å². The fraction of sp³-hybridized carbons (Fsp3) is 0.600. The number of hydrogen-bond acceptors (Lipinski definition) is 3. The molecule has 5 heteroatoms. The van der Waals surface area contributed by atoms with Crippen LogP contribution in [-0.4, -0.2) is 42.8 Å². The van der Waals surface area contributed by atoms with E-state index in [0.29, 0.717) is 0 Å². The molecule has 2 N–H and O–H groups in total. The van der Waals surface area contributed by atoms with E-state index in [9.17, 15) is 9.50 Å². The minimum atomic E-state index is -0.340. The lowest BCUT2D eigenvalue weighted by Crippen LogP contribution is -2.49. The first-order valence-corrected chi connectivity index (χ1v) is 7.75. The molecule has 0 amide bonds. The van der Waals surface area contributed by atoms with Crippen LogP contribution in [0.1, 0.15) is 25.5 Å². The molecule has 0 radical (unpaired) electrons. The molecule has 1 saturated heterocycles. The molecule has 112 valence electrons. The summed E-state index contributed by atoms with van der Waals surface area (Å²) >= 11 is 3.53. The highest BCUT2D eigenvalue weighted by atomic mass is 79.9. The van der Waals surface area contributed by atoms with Crippen LogP contribution in [0.15, 0.2) is 22.7 Å². The van der Waals surface area contributed by atoms with E-state index in [1.807, 2.05) is 13.8 Å². The molecule has 20 heavy (non-hydrogen) atoms. The number of nitrogens with zero attached hydrogens (tertiary/aromatic N) is 1. The monoisotopic (exact) mass is 344 g/mol. The Morgan fingerprint density at radius 1 is 1.40 bits per heavy atom. The summed E-state index contributed by atoms with van der Waals surface area (Å²) in [6.45, 7) is 7.75. The van der Waals surface area contributed by atoms with E-state index in [1.54, 1.807) is 12.1 Å². The van der Waals surface area contributed by atoms with Crippen molar-refractivity contribution in [3.63, 3.8) is 0 Å². The summed E-state index contributed by atoms with van der Waals surface area (Å²) in [6, 6.07) is 4.76. The van der Waals surface area contributed by atoms with E-state index in [4.69, 9.17) is 0 Å². The number of halogens is 2. The fourth-order valence-electron chi connectivity index (χ4n) is 2.86. The predicted octanol–water partition coefficient (Wildman–Crippen LogP) is 2.55. The second-order valence-corrected chi connectivity index (χ2v) is 6.86. The van der Waals surface area contributed by atoms with Crippen molar-refractivity contribution in [3.05, 3.63) is 34.1 Å². The van der Waals surface area contributed by atoms with Crippen LogP contribution in [0.25, 0.3) is 0 Å². The minimum absolute atomic E-state index is 0.0142. The molecule has 1 aromatic carbocycles. The first-order chi connectivity index (χ1) is 9.45. The summed E-state index contributed by atoms with van der Waals surface area (Å²) in [7, 11) is 0. The lowest BCUT2D eigenvalue weighted by Gasteiger charge is -2.43. The molecule has 3 nitrogen and oxygen atoms in total. The molecule has 1 aliphatic rings. The maximum Gasteiger partial charge on any atom is 0.123 e. The summed E-state index contributed by atoms with van der Waals surface area (Å²) < 4.78 is 14.5. The highest BCUT2D eigenvalue weighted by Crippen LogP contribution is 2.41. The van der Waals surface area contributed by atoms with Gasteiger partial charge in [0.1, 0.15) is 5.82 Å². The van der Waals surface area contributed by atoms with Crippen molar-refractivity contribution in [2.24, 2.45) is 5.41 Å². The van der Waals surface area contributed by atoms with Crippen molar-refractivity contribution >= 4 is 15.9 Å². The SMILES string of the molecule is CC(C)(CO)[C@@H](c1cc(F)ccc1Br)N1CCNCC1. The van der Waals surface area contributed by atoms with Crippen LogP contribution in [0.2, 0.25) is 0 Å². The van der Waals surface area contributed by atoms with E-state index in [2.05, 4.69) is 26.1 Å². The van der Waals surface area contributed by atoms with Crippen LogP contribution in [0, 0.1) is 11.2 Å². The maximum absolute atomic E-state index is 13.7. The van der Waals surface area contributed by atoms with Gasteiger partial charge >= 0.3 is 0 Å². The third-order valence-electron chi connectivity index (χ3n) is 3.92. The lowest BCUT2D eigenvalue weighted by atomic mass is 9.79. The van der Waals surface area contributed by atoms with Crippen LogP contribution < -0.4 is 5.32 Å². The van der Waals surface area contributed by atoms with Gasteiger partial charge in [-0.3, -0.25) is 4.90 Å². The van der Waals surface area contributed by atoms with Gasteiger partial charge in [0, 0.05) is 48.7 Å². The smallest absolute Gasteiger partial charge is 0.123 e. The zero-order valence-corrected chi connectivity index (χ0v) is 13.6. The Morgan fingerprint density at radius 2 is 2.05 bits per heavy atom. The molecular formula is C15H22BrFN2O. The summed E-state index contributed by atoms with van der Waals surface area (Å²) in [5.74, 6) is -0.239. The third kappa shape index (κ3) is 3.39. The van der Waals surface area contributed by atoms with Crippen molar-refractivity contribution in [3.8, 4) is 0 Å². The number of nitrogens with one attached hydrogen (secondary N) is 1. The van der Waals surface area contributed by atoms with Crippen molar-refractivity contribution in [2.45, 2.75) is 19.9 Å². The highest BCUT2D eigenvalue weighted by molar-refractivity contribution is 9.10. The van der Waals surface area contributed by atoms with Gasteiger partial charge in [0.15, 0.2) is 0 Å². The number of piperazine rings is 1. The molecule has 0 saturated carbocycles. The second-order valence-electron chi connectivity index (χ2n) is 6.00. The summed E-state index contributed by atoms with van der Waals surface area (Å²) in [4.78, 5) is 2.33. The van der Waals surface area contributed by atoms with Gasteiger partial charge in [0.25, 0.3) is 0 Å². The van der Waals surface area contributed by atoms with E-state index >= 15 is 0 Å². The van der Waals surface area contributed by atoms with Crippen molar-refractivity contribution in [1.29, 1.82) is 0 Å². The second kappa shape index (κ2) is 6.52. The van der Waals surface area contributed by atoms with E-state index in [1.165, 1.54) is 6.07 Å². The van der Waals surface area contributed by atoms with Gasteiger partial charge in [0.05, 0.1) is 0 Å². The molecule has 0 aromatic heterocycles. The van der Waals surface area contributed by atoms with Gasteiger partial charge in [-0.05, 0) is 23.8 Å². The minimum Gasteiger partial charge on any atom is -0.396 e. The molecule has 0 unspecified atom stereocenters. The average Bonchev–Trinajstić information content (AvgIpc) is 2.44. The first kappa shape index (κ1) is 15.9. The molecule has 1 fully saturated rings. The number of rotatable bonds is 4. The Bertz CT molecular complexity index is 461. The van der Waals surface area contributed by atoms with Gasteiger partial charge in [-0.2, -0.15) is 0 Å². The van der Waals surface area contributed by atoms with E-state index in [-0.39, 0.29) is 23.9 Å². The molecule has 0 bridgehead atoms. The van der Waals surface area contributed by atoms with Crippen molar-refractivity contribution in [1.82, 2.24) is 10.2 Å². The Kier molecular flexibility index (Phi) is 5.18. The Labute approximate surface area is 128 Å². The Balaban J connectivity index is 2.42. The molecule has 1 atom stereocenters. The molecule has 1 heterocycles. The zero-order valence-electron chi connectivity index (χ0n) is 12.0. The van der Waals surface area contributed by atoms with Gasteiger partial charge in [0.2, 0.25) is 0 Å². The summed E-state index contributed by atoms with van der Waals surface area (Å²) in [6.07, 6.45) is 0. The van der Waals surface area contributed by atoms with Crippen LogP contribution in [0.3, 0.4) is 0 Å². The van der Waals surface area contributed by atoms with Gasteiger partial charge in [-0.25, -0.2) is 4.39 Å². The normalized spacial score (nSPS) is 19.1. The quantitative estimate of drug-likeness (QED) is 0.881. The summed E-state index contributed by atoms with van der Waals surface area (Å²) in [5, 5.41) is 13.1. The largest absolute Gasteiger partial charge is 0.396 e. The topological polar surface area (TPSA) is 35.5 Å². The number of benzene rings is 1. The van der Waals surface area contributed by atoms with Gasteiger partial charge in [-0.1, -0.05) is 29.8 Å². The van der Waals surface area contributed by atoms with Gasteiger partial charge < -0.3 is 10.4 Å². The van der Waals surface area contributed by atoms with Crippen molar-refractivity contribution in [2.75, 3.05) is 32.8 Å². The lowest BCUT2D eigenvalue weighted by molar-refractivity contribution is 0.0300. The predicted molar refractivity (Wildman–Crippen MR) is 82.2 cm³/mol. The van der Waals surface area contributed by atoms with Crippen LogP contribution >= 0.6 is 15.9 Å². The fourth-order valence-corrected chi connectivity index (χ4v) is 3.33. The van der Waals surface area contributed by atoms with Crippen molar-refractivity contribution < 1.29 is 9.50 Å². The molecule has 1 aromatic rings. The van der Waals surface area contributed by atoms with E-state index in [0.717, 1.165) is 36.2 Å². The molecular weight excluding hydrogens is 323 g/mol. The Morgan fingerprint density at radius 3 is 2.65 bits per heavy atom. The zero-order chi connectivity index (χ0) is 14.8. The van der Waals surface area contributed by atoms with Gasteiger partial charge in [-0.15, -0.1) is 0 Å². The number of aliphatic hydroxyl groups excluding tert-OH is 1. The first-order valence-electron chi connectivity index (χ1n) is 6.96. The maximum atomic E-state index is 13.7. The van der Waals surface area contributed by atoms with Crippen LogP contribution in [0.5, 0.6) is 0 Å². The highest BCUT2D eigenvalue weighted by Gasteiger charge is 2.36. The number of hydrogen-bond donors (Lipinski definition) is 2. The Hall–Kier alpha value is -0.490.